The molecular weight excluding hydrogens is 528 g/mol. The highest BCUT2D eigenvalue weighted by Gasteiger charge is 2.33. The number of benzene rings is 1. The summed E-state index contributed by atoms with van der Waals surface area (Å²) >= 11 is 13.0. The summed E-state index contributed by atoms with van der Waals surface area (Å²) in [6, 6.07) is 13.1. The van der Waals surface area contributed by atoms with Crippen LogP contribution in [-0.4, -0.2) is 19.7 Å². The number of thiocarbonyl (C=S) groups is 1. The van der Waals surface area contributed by atoms with Crippen molar-refractivity contribution in [1.29, 1.82) is 5.26 Å². The summed E-state index contributed by atoms with van der Waals surface area (Å²) in [5, 5.41) is 13.8. The first-order chi connectivity index (χ1) is 17.8. The van der Waals surface area contributed by atoms with E-state index in [0.717, 1.165) is 18.4 Å². The zero-order chi connectivity index (χ0) is 26.5. The lowest BCUT2D eigenvalue weighted by Crippen LogP contribution is -2.28. The van der Waals surface area contributed by atoms with Crippen molar-refractivity contribution >= 4 is 57.7 Å². The number of halogens is 1. The van der Waals surface area contributed by atoms with Crippen molar-refractivity contribution in [3.63, 3.8) is 0 Å². The van der Waals surface area contributed by atoms with Crippen LogP contribution in [0.3, 0.4) is 0 Å². The van der Waals surface area contributed by atoms with Gasteiger partial charge in [0.05, 0.1) is 17.7 Å². The Labute approximate surface area is 229 Å². The quantitative estimate of drug-likeness (QED) is 0.254. The molecule has 0 atom stereocenters. The fourth-order valence-corrected chi connectivity index (χ4v) is 5.47. The standard InChI is InChI=1S/C27H25ClN4O3S2/c1-3-4-11-31-24(30-15-18-8-5-6-10-22(18)28)20(17(2)21(14-29)25(31)33)13-23-26(34)32(27(36)37-23)16-19-9-7-12-35-19/h5-10,12-13,30H,3-4,11,15-16H2,1-2H3/b23-13+. The molecule has 0 bridgehead atoms. The number of nitriles is 1. The molecule has 1 amide bonds. The van der Waals surface area contributed by atoms with Gasteiger partial charge < -0.3 is 9.73 Å². The summed E-state index contributed by atoms with van der Waals surface area (Å²) in [6.07, 6.45) is 4.88. The largest absolute Gasteiger partial charge is 0.467 e. The SMILES string of the molecule is CCCCn1c(NCc2ccccc2Cl)c(/C=C2/SC(=S)N(Cc3ccco3)C2=O)c(C)c(C#N)c1=O. The molecule has 7 nitrogen and oxygen atoms in total. The molecule has 2 aromatic heterocycles. The maximum Gasteiger partial charge on any atom is 0.270 e. The number of amides is 1. The molecule has 1 saturated heterocycles. The Bertz CT molecular complexity index is 1470. The summed E-state index contributed by atoms with van der Waals surface area (Å²) in [6.45, 7) is 4.77. The van der Waals surface area contributed by atoms with Gasteiger partial charge in [0.15, 0.2) is 0 Å². The lowest BCUT2D eigenvalue weighted by Gasteiger charge is -2.20. The van der Waals surface area contributed by atoms with Gasteiger partial charge in [0.1, 0.15) is 27.5 Å². The van der Waals surface area contributed by atoms with Gasteiger partial charge in [0.2, 0.25) is 0 Å². The minimum atomic E-state index is -0.363. The van der Waals surface area contributed by atoms with Crippen LogP contribution < -0.4 is 10.9 Å². The minimum absolute atomic E-state index is 0.0525. The Morgan fingerprint density at radius 3 is 2.70 bits per heavy atom. The zero-order valence-electron chi connectivity index (χ0n) is 20.4. The number of thioether (sulfide) groups is 1. The van der Waals surface area contributed by atoms with Crippen molar-refractivity contribution in [2.24, 2.45) is 0 Å². The summed E-state index contributed by atoms with van der Waals surface area (Å²) in [5.41, 5.74) is 1.64. The number of pyridine rings is 1. The van der Waals surface area contributed by atoms with Gasteiger partial charge in [0.25, 0.3) is 11.5 Å². The van der Waals surface area contributed by atoms with E-state index in [1.807, 2.05) is 25.1 Å². The van der Waals surface area contributed by atoms with E-state index in [1.165, 1.54) is 16.7 Å². The van der Waals surface area contributed by atoms with E-state index in [4.69, 9.17) is 28.2 Å². The number of nitrogens with zero attached hydrogens (tertiary/aromatic N) is 3. The average molecular weight is 553 g/mol. The Hall–Kier alpha value is -3.32. The Morgan fingerprint density at radius 1 is 1.24 bits per heavy atom. The van der Waals surface area contributed by atoms with Crippen molar-refractivity contribution in [2.45, 2.75) is 46.3 Å². The van der Waals surface area contributed by atoms with Crippen LogP contribution in [0.4, 0.5) is 5.82 Å². The molecule has 1 aromatic carbocycles. The second-order valence-corrected chi connectivity index (χ2v) is 10.6. The van der Waals surface area contributed by atoms with Crippen LogP contribution in [0, 0.1) is 18.3 Å². The van der Waals surface area contributed by atoms with Crippen LogP contribution in [0.1, 0.15) is 47.8 Å². The molecule has 0 radical (unpaired) electrons. The van der Waals surface area contributed by atoms with Crippen LogP contribution in [0.2, 0.25) is 5.02 Å². The Morgan fingerprint density at radius 2 is 2.03 bits per heavy atom. The highest BCUT2D eigenvalue weighted by molar-refractivity contribution is 8.26. The summed E-state index contributed by atoms with van der Waals surface area (Å²) in [5.74, 6) is 0.898. The number of furan rings is 1. The summed E-state index contributed by atoms with van der Waals surface area (Å²) in [4.78, 5) is 28.5. The topological polar surface area (TPSA) is 91.3 Å². The Kier molecular flexibility index (Phi) is 8.54. The first-order valence-electron chi connectivity index (χ1n) is 11.8. The summed E-state index contributed by atoms with van der Waals surface area (Å²) < 4.78 is 7.38. The van der Waals surface area contributed by atoms with E-state index >= 15 is 0 Å². The third-order valence-corrected chi connectivity index (χ3v) is 7.80. The van der Waals surface area contributed by atoms with Crippen LogP contribution >= 0.6 is 35.6 Å². The van der Waals surface area contributed by atoms with Gasteiger partial charge in [-0.25, -0.2) is 0 Å². The number of hydrogen-bond donors (Lipinski definition) is 1. The molecule has 4 rings (SSSR count). The first-order valence-corrected chi connectivity index (χ1v) is 13.4. The average Bonchev–Trinajstić information content (AvgIpc) is 3.49. The van der Waals surface area contributed by atoms with Crippen molar-refractivity contribution in [1.82, 2.24) is 9.47 Å². The van der Waals surface area contributed by atoms with Crippen molar-refractivity contribution in [2.75, 3.05) is 5.32 Å². The third-order valence-electron chi connectivity index (χ3n) is 6.06. The molecule has 190 valence electrons. The van der Waals surface area contributed by atoms with Gasteiger partial charge in [-0.3, -0.25) is 19.1 Å². The summed E-state index contributed by atoms with van der Waals surface area (Å²) in [7, 11) is 0. The van der Waals surface area contributed by atoms with E-state index in [0.29, 0.717) is 50.0 Å². The number of hydrogen-bond acceptors (Lipinski definition) is 7. The molecule has 1 fully saturated rings. The molecule has 3 aromatic rings. The van der Waals surface area contributed by atoms with Gasteiger partial charge in [-0.05, 0) is 48.7 Å². The van der Waals surface area contributed by atoms with Crippen LogP contribution in [-0.2, 0) is 24.4 Å². The number of carbonyl (C=O) groups is 1. The molecule has 0 spiro atoms. The van der Waals surface area contributed by atoms with Crippen molar-refractivity contribution < 1.29 is 9.21 Å². The smallest absolute Gasteiger partial charge is 0.270 e. The second kappa shape index (κ2) is 11.8. The predicted octanol–water partition coefficient (Wildman–Crippen LogP) is 6.09. The lowest BCUT2D eigenvalue weighted by atomic mass is 10.0. The fraction of sp³-hybridized carbons (Fsp3) is 0.259. The maximum atomic E-state index is 13.3. The number of rotatable bonds is 9. The van der Waals surface area contributed by atoms with E-state index in [-0.39, 0.29) is 23.6 Å². The highest BCUT2D eigenvalue weighted by atomic mass is 35.5. The minimum Gasteiger partial charge on any atom is -0.467 e. The Balaban J connectivity index is 1.80. The van der Waals surface area contributed by atoms with Crippen LogP contribution in [0.15, 0.2) is 56.8 Å². The van der Waals surface area contributed by atoms with E-state index in [1.54, 1.807) is 42.0 Å². The normalized spacial score (nSPS) is 14.4. The van der Waals surface area contributed by atoms with E-state index < -0.39 is 0 Å². The molecule has 1 N–H and O–H groups in total. The van der Waals surface area contributed by atoms with Gasteiger partial charge in [0, 0.05) is 23.7 Å². The zero-order valence-corrected chi connectivity index (χ0v) is 22.8. The number of nitrogens with one attached hydrogen (secondary N) is 1. The molecule has 1 aliphatic heterocycles. The number of anilines is 1. The van der Waals surface area contributed by atoms with E-state index in [9.17, 15) is 14.9 Å². The predicted molar refractivity (Wildman–Crippen MR) is 151 cm³/mol. The van der Waals surface area contributed by atoms with Crippen molar-refractivity contribution in [3.05, 3.63) is 91.0 Å². The molecule has 37 heavy (non-hydrogen) atoms. The number of carbonyl (C=O) groups excluding carboxylic acids is 1. The molecule has 0 aliphatic carbocycles. The molecule has 0 unspecified atom stereocenters. The first kappa shape index (κ1) is 26.7. The number of unbranched alkanes of at least 4 members (excludes halogenated alkanes) is 1. The monoisotopic (exact) mass is 552 g/mol. The van der Waals surface area contributed by atoms with Gasteiger partial charge in [-0.15, -0.1) is 0 Å². The molecule has 1 aliphatic rings. The van der Waals surface area contributed by atoms with Gasteiger partial charge in [-0.1, -0.05) is 67.1 Å². The van der Waals surface area contributed by atoms with Gasteiger partial charge in [-0.2, -0.15) is 5.26 Å². The van der Waals surface area contributed by atoms with Crippen molar-refractivity contribution in [3.8, 4) is 6.07 Å². The molecule has 10 heteroatoms. The second-order valence-electron chi connectivity index (χ2n) is 8.48. The fourth-order valence-electron chi connectivity index (χ4n) is 4.03. The van der Waals surface area contributed by atoms with Gasteiger partial charge >= 0.3 is 0 Å². The lowest BCUT2D eigenvalue weighted by molar-refractivity contribution is -0.122. The molecular formula is C27H25ClN4O3S2. The van der Waals surface area contributed by atoms with Crippen LogP contribution in [0.5, 0.6) is 0 Å². The maximum absolute atomic E-state index is 13.3. The third kappa shape index (κ3) is 5.67. The molecule has 3 heterocycles. The highest BCUT2D eigenvalue weighted by Crippen LogP contribution is 2.36. The molecule has 0 saturated carbocycles. The van der Waals surface area contributed by atoms with E-state index in [2.05, 4.69) is 11.4 Å². The van der Waals surface area contributed by atoms with Crippen LogP contribution in [0.25, 0.3) is 6.08 Å². The number of aromatic nitrogens is 1.